The van der Waals surface area contributed by atoms with E-state index in [9.17, 15) is 4.39 Å². The minimum absolute atomic E-state index is 0.329. The van der Waals surface area contributed by atoms with Gasteiger partial charge in [-0.05, 0) is 18.6 Å². The maximum atomic E-state index is 14.0. The molecule has 0 aliphatic carbocycles. The van der Waals surface area contributed by atoms with Gasteiger partial charge in [-0.1, -0.05) is 38.3 Å². The fraction of sp³-hybridized carbons (Fsp3) is 0.353. The molecule has 0 unspecified atom stereocenters. The number of halogens is 1. The van der Waals surface area contributed by atoms with Crippen LogP contribution in [0.2, 0.25) is 0 Å². The molecule has 1 N–H and O–H groups in total. The largest absolute Gasteiger partial charge is 0.369 e. The van der Waals surface area contributed by atoms with Crippen molar-refractivity contribution >= 4 is 16.9 Å². The molecule has 2 heterocycles. The van der Waals surface area contributed by atoms with Crippen LogP contribution in [0.4, 0.5) is 10.2 Å². The average molecular weight is 313 g/mol. The summed E-state index contributed by atoms with van der Waals surface area (Å²) in [6.45, 7) is 3.05. The quantitative estimate of drug-likeness (QED) is 0.671. The number of anilines is 1. The van der Waals surface area contributed by atoms with Crippen LogP contribution in [0, 0.1) is 5.82 Å². The topological polar surface area (TPSA) is 55.6 Å². The van der Waals surface area contributed by atoms with Gasteiger partial charge in [0.2, 0.25) is 0 Å². The summed E-state index contributed by atoms with van der Waals surface area (Å²) in [6, 6.07) is 6.53. The van der Waals surface area contributed by atoms with Crippen molar-refractivity contribution in [1.29, 1.82) is 0 Å². The summed E-state index contributed by atoms with van der Waals surface area (Å²) in [5.74, 6) is 0.416. The van der Waals surface area contributed by atoms with Crippen molar-refractivity contribution in [2.24, 2.45) is 0 Å². The molecule has 0 saturated carbocycles. The highest BCUT2D eigenvalue weighted by atomic mass is 19.1. The van der Waals surface area contributed by atoms with Gasteiger partial charge in [0.05, 0.1) is 11.6 Å². The highest BCUT2D eigenvalue weighted by Gasteiger charge is 2.13. The number of hydrogen-bond donors (Lipinski definition) is 1. The number of nitrogens with one attached hydrogen (secondary N) is 1. The highest BCUT2D eigenvalue weighted by Crippen LogP contribution is 2.22. The van der Waals surface area contributed by atoms with Gasteiger partial charge >= 0.3 is 0 Å². The minimum atomic E-state index is -0.329. The molecule has 23 heavy (non-hydrogen) atoms. The number of rotatable bonds is 7. The average Bonchev–Trinajstić information content (AvgIpc) is 3.00. The molecule has 3 aromatic rings. The summed E-state index contributed by atoms with van der Waals surface area (Å²) in [7, 11) is 0. The Kier molecular flexibility index (Phi) is 4.80. The number of nitrogens with zero attached hydrogens (tertiary/aromatic N) is 4. The van der Waals surface area contributed by atoms with Gasteiger partial charge in [0, 0.05) is 6.54 Å². The van der Waals surface area contributed by atoms with Crippen molar-refractivity contribution < 1.29 is 4.39 Å². The molecule has 120 valence electrons. The van der Waals surface area contributed by atoms with Crippen LogP contribution in [0.3, 0.4) is 0 Å². The number of hydrogen-bond acceptors (Lipinski definition) is 4. The van der Waals surface area contributed by atoms with Crippen LogP contribution in [-0.2, 0) is 0 Å². The first-order valence-corrected chi connectivity index (χ1v) is 7.98. The van der Waals surface area contributed by atoms with Crippen molar-refractivity contribution in [3.63, 3.8) is 0 Å². The third-order valence-corrected chi connectivity index (χ3v) is 3.77. The van der Waals surface area contributed by atoms with Crippen LogP contribution in [0.15, 0.2) is 36.8 Å². The summed E-state index contributed by atoms with van der Waals surface area (Å²) in [5.41, 5.74) is 0.983. The Hall–Kier alpha value is -2.50. The van der Waals surface area contributed by atoms with Gasteiger partial charge in [-0.3, -0.25) is 0 Å². The van der Waals surface area contributed by atoms with Gasteiger partial charge in [0.1, 0.15) is 23.6 Å². The number of para-hydroxylation sites is 1. The summed E-state index contributed by atoms with van der Waals surface area (Å²) in [4.78, 5) is 8.54. The van der Waals surface area contributed by atoms with Crippen molar-refractivity contribution in [3.05, 3.63) is 42.6 Å². The Labute approximate surface area is 134 Å². The second kappa shape index (κ2) is 7.17. The van der Waals surface area contributed by atoms with E-state index in [0.717, 1.165) is 24.2 Å². The maximum absolute atomic E-state index is 14.0. The van der Waals surface area contributed by atoms with Crippen LogP contribution in [0.25, 0.3) is 16.7 Å². The van der Waals surface area contributed by atoms with Crippen LogP contribution in [-0.4, -0.2) is 26.3 Å². The molecule has 0 radical (unpaired) electrons. The lowest BCUT2D eigenvalue weighted by atomic mass is 10.2. The first kappa shape index (κ1) is 15.4. The molecule has 0 fully saturated rings. The lowest BCUT2D eigenvalue weighted by molar-refractivity contribution is 0.612. The monoisotopic (exact) mass is 313 g/mol. The summed E-state index contributed by atoms with van der Waals surface area (Å²) >= 11 is 0. The van der Waals surface area contributed by atoms with Crippen LogP contribution in [0.1, 0.15) is 32.6 Å². The highest BCUT2D eigenvalue weighted by molar-refractivity contribution is 5.87. The molecule has 5 nitrogen and oxygen atoms in total. The Bertz CT molecular complexity index is 784. The summed E-state index contributed by atoms with van der Waals surface area (Å²) in [6.07, 6.45) is 7.91. The molecule has 1 aromatic carbocycles. The zero-order valence-electron chi connectivity index (χ0n) is 13.2. The number of benzene rings is 1. The lowest BCUT2D eigenvalue weighted by Crippen LogP contribution is -2.05. The third-order valence-electron chi connectivity index (χ3n) is 3.77. The van der Waals surface area contributed by atoms with E-state index in [-0.39, 0.29) is 5.82 Å². The van der Waals surface area contributed by atoms with E-state index < -0.39 is 0 Å². The Balaban J connectivity index is 1.85. The van der Waals surface area contributed by atoms with Gasteiger partial charge in [-0.25, -0.2) is 19.0 Å². The Morgan fingerprint density at radius 3 is 2.83 bits per heavy atom. The van der Waals surface area contributed by atoms with Gasteiger partial charge in [-0.2, -0.15) is 5.10 Å². The first-order chi connectivity index (χ1) is 11.3. The van der Waals surface area contributed by atoms with E-state index in [0.29, 0.717) is 11.3 Å². The maximum Gasteiger partial charge on any atom is 0.168 e. The molecule has 3 rings (SSSR count). The summed E-state index contributed by atoms with van der Waals surface area (Å²) < 4.78 is 15.5. The van der Waals surface area contributed by atoms with Gasteiger partial charge < -0.3 is 5.32 Å². The zero-order chi connectivity index (χ0) is 16.1. The molecule has 0 bridgehead atoms. The fourth-order valence-corrected chi connectivity index (χ4v) is 2.54. The van der Waals surface area contributed by atoms with Crippen molar-refractivity contribution in [3.8, 4) is 5.69 Å². The molecule has 0 atom stereocenters. The van der Waals surface area contributed by atoms with Gasteiger partial charge in [0.25, 0.3) is 0 Å². The van der Waals surface area contributed by atoms with Crippen molar-refractivity contribution in [1.82, 2.24) is 19.7 Å². The first-order valence-electron chi connectivity index (χ1n) is 7.98. The number of unbranched alkanes of at least 4 members (excludes halogenated alkanes) is 3. The minimum Gasteiger partial charge on any atom is -0.369 e. The van der Waals surface area contributed by atoms with Crippen LogP contribution < -0.4 is 5.32 Å². The Morgan fingerprint density at radius 1 is 1.13 bits per heavy atom. The molecule has 0 spiro atoms. The van der Waals surface area contributed by atoms with E-state index in [2.05, 4.69) is 27.3 Å². The third kappa shape index (κ3) is 3.31. The standard InChI is InChI=1S/C17H20FN5/c1-2-3-4-7-10-19-16-13-11-22-23(17(13)21-12-20-16)15-9-6-5-8-14(15)18/h5-6,8-9,11-12H,2-4,7,10H2,1H3,(H,19,20,21). The lowest BCUT2D eigenvalue weighted by Gasteiger charge is -2.07. The molecular formula is C17H20FN5. The Morgan fingerprint density at radius 2 is 2.00 bits per heavy atom. The van der Waals surface area contributed by atoms with E-state index in [1.807, 2.05) is 0 Å². The van der Waals surface area contributed by atoms with E-state index >= 15 is 0 Å². The number of aromatic nitrogens is 4. The van der Waals surface area contributed by atoms with E-state index in [1.165, 1.54) is 36.3 Å². The molecule has 0 aliphatic rings. The molecule has 6 heteroatoms. The number of fused-ring (bicyclic) bond motifs is 1. The van der Waals surface area contributed by atoms with Crippen molar-refractivity contribution in [2.75, 3.05) is 11.9 Å². The smallest absolute Gasteiger partial charge is 0.168 e. The van der Waals surface area contributed by atoms with E-state index in [1.54, 1.807) is 24.4 Å². The molecule has 0 amide bonds. The van der Waals surface area contributed by atoms with Crippen LogP contribution >= 0.6 is 0 Å². The summed E-state index contributed by atoms with van der Waals surface area (Å²) in [5, 5.41) is 8.40. The predicted octanol–water partition coefficient (Wildman–Crippen LogP) is 3.95. The SMILES string of the molecule is CCCCCCNc1ncnc2c1cnn2-c1ccccc1F. The van der Waals surface area contributed by atoms with Gasteiger partial charge in [-0.15, -0.1) is 0 Å². The fourth-order valence-electron chi connectivity index (χ4n) is 2.54. The van der Waals surface area contributed by atoms with Gasteiger partial charge in [0.15, 0.2) is 5.65 Å². The van der Waals surface area contributed by atoms with Crippen LogP contribution in [0.5, 0.6) is 0 Å². The van der Waals surface area contributed by atoms with Crippen molar-refractivity contribution in [2.45, 2.75) is 32.6 Å². The predicted molar refractivity (Wildman–Crippen MR) is 89.2 cm³/mol. The second-order valence-corrected chi connectivity index (χ2v) is 5.45. The normalized spacial score (nSPS) is 11.0. The molecular weight excluding hydrogens is 293 g/mol. The zero-order valence-corrected chi connectivity index (χ0v) is 13.2. The van der Waals surface area contributed by atoms with E-state index in [4.69, 9.17) is 0 Å². The second-order valence-electron chi connectivity index (χ2n) is 5.45. The molecule has 0 aliphatic heterocycles. The molecule has 0 saturated heterocycles. The molecule has 2 aromatic heterocycles.